The third-order valence-electron chi connectivity index (χ3n) is 4.22. The molecule has 0 unspecified atom stereocenters. The van der Waals surface area contributed by atoms with Gasteiger partial charge in [-0.3, -0.25) is 4.79 Å². The fraction of sp³-hybridized carbons (Fsp3) is 0.412. The number of hydrogen-bond donors (Lipinski definition) is 1. The highest BCUT2D eigenvalue weighted by molar-refractivity contribution is 5.90. The average molecular weight is 299 g/mol. The summed E-state index contributed by atoms with van der Waals surface area (Å²) in [7, 11) is 0. The van der Waals surface area contributed by atoms with Gasteiger partial charge in [-0.05, 0) is 44.0 Å². The lowest BCUT2D eigenvalue weighted by molar-refractivity contribution is -0.119. The van der Waals surface area contributed by atoms with E-state index < -0.39 is 0 Å². The molecule has 0 aliphatic carbocycles. The second-order valence-electron chi connectivity index (χ2n) is 5.82. The molecule has 5 heteroatoms. The minimum absolute atomic E-state index is 0.00583. The van der Waals surface area contributed by atoms with Crippen molar-refractivity contribution in [1.29, 1.82) is 0 Å². The van der Waals surface area contributed by atoms with Gasteiger partial charge in [0.2, 0.25) is 5.91 Å². The second kappa shape index (κ2) is 6.32. The van der Waals surface area contributed by atoms with Crippen molar-refractivity contribution < 1.29 is 9.53 Å². The summed E-state index contributed by atoms with van der Waals surface area (Å²) in [5, 5.41) is 2.91. The van der Waals surface area contributed by atoms with Crippen LogP contribution < -0.4 is 5.32 Å². The summed E-state index contributed by atoms with van der Waals surface area (Å²) in [6.07, 6.45) is 6.18. The van der Waals surface area contributed by atoms with Crippen LogP contribution in [0.1, 0.15) is 25.0 Å². The van der Waals surface area contributed by atoms with Gasteiger partial charge in [0.05, 0.1) is 12.0 Å². The van der Waals surface area contributed by atoms with Crippen LogP contribution in [-0.2, 0) is 15.1 Å². The maximum Gasteiger partial charge on any atom is 0.227 e. The molecule has 1 aliphatic heterocycles. The second-order valence-corrected chi connectivity index (χ2v) is 5.82. The van der Waals surface area contributed by atoms with Gasteiger partial charge in [0.1, 0.15) is 5.82 Å². The van der Waals surface area contributed by atoms with Crippen LogP contribution in [0.15, 0.2) is 42.7 Å². The van der Waals surface area contributed by atoms with E-state index in [2.05, 4.69) is 14.9 Å². The highest BCUT2D eigenvalue weighted by Gasteiger charge is 2.36. The highest BCUT2D eigenvalue weighted by Crippen LogP contribution is 2.33. The zero-order valence-corrected chi connectivity index (χ0v) is 12.8. The molecule has 0 atom stereocenters. The third kappa shape index (κ3) is 3.20. The number of carbonyl (C=O) groups is 1. The van der Waals surface area contributed by atoms with Gasteiger partial charge in [-0.25, -0.2) is 4.98 Å². The minimum atomic E-state index is -0.199. The monoisotopic (exact) mass is 299 g/mol. The Hall–Kier alpha value is -2.14. The van der Waals surface area contributed by atoms with Gasteiger partial charge in [0.25, 0.3) is 0 Å². The number of pyridine rings is 1. The molecular weight excluding hydrogens is 278 g/mol. The van der Waals surface area contributed by atoms with E-state index in [1.165, 1.54) is 0 Å². The van der Waals surface area contributed by atoms with Crippen molar-refractivity contribution in [2.45, 2.75) is 31.7 Å². The number of anilines is 1. The van der Waals surface area contributed by atoms with Crippen LogP contribution in [0.2, 0.25) is 0 Å². The first-order chi connectivity index (χ1) is 10.7. The van der Waals surface area contributed by atoms with Gasteiger partial charge in [0, 0.05) is 31.3 Å². The first-order valence-corrected chi connectivity index (χ1v) is 7.63. The molecule has 3 heterocycles. The number of rotatable bonds is 4. The number of hydrogen-bond acceptors (Lipinski definition) is 3. The Kier molecular flexibility index (Phi) is 4.24. The summed E-state index contributed by atoms with van der Waals surface area (Å²) in [5.74, 6) is 0.605. The molecule has 1 aliphatic rings. The number of aryl methyl sites for hydroxylation is 1. The number of ether oxygens (including phenoxy) is 1. The molecule has 2 aromatic heterocycles. The summed E-state index contributed by atoms with van der Waals surface area (Å²) >= 11 is 0. The highest BCUT2D eigenvalue weighted by atomic mass is 16.5. The fourth-order valence-electron chi connectivity index (χ4n) is 3.03. The summed E-state index contributed by atoms with van der Waals surface area (Å²) < 4.78 is 7.63. The lowest BCUT2D eigenvalue weighted by Crippen LogP contribution is -2.42. The molecule has 2 aromatic rings. The molecule has 0 aromatic carbocycles. The predicted octanol–water partition coefficient (Wildman–Crippen LogP) is 2.73. The molecule has 0 radical (unpaired) electrons. The Morgan fingerprint density at radius 3 is 2.68 bits per heavy atom. The van der Waals surface area contributed by atoms with Crippen molar-refractivity contribution in [2.75, 3.05) is 18.5 Å². The number of aromatic nitrogens is 2. The Morgan fingerprint density at radius 2 is 2.00 bits per heavy atom. The molecule has 1 N–H and O–H groups in total. The van der Waals surface area contributed by atoms with E-state index in [0.717, 1.165) is 18.5 Å². The van der Waals surface area contributed by atoms with E-state index in [0.29, 0.717) is 25.5 Å². The molecule has 5 nitrogen and oxygen atoms in total. The van der Waals surface area contributed by atoms with E-state index in [4.69, 9.17) is 4.74 Å². The van der Waals surface area contributed by atoms with Crippen molar-refractivity contribution >= 4 is 11.7 Å². The molecule has 116 valence electrons. The fourth-order valence-corrected chi connectivity index (χ4v) is 3.03. The van der Waals surface area contributed by atoms with Crippen LogP contribution in [0.3, 0.4) is 0 Å². The molecule has 0 spiro atoms. The maximum absolute atomic E-state index is 12.5. The lowest BCUT2D eigenvalue weighted by atomic mass is 9.86. The van der Waals surface area contributed by atoms with Crippen molar-refractivity contribution in [3.05, 3.63) is 48.4 Å². The largest absolute Gasteiger partial charge is 0.381 e. The minimum Gasteiger partial charge on any atom is -0.381 e. The summed E-state index contributed by atoms with van der Waals surface area (Å²) in [6.45, 7) is 3.29. The van der Waals surface area contributed by atoms with Crippen molar-refractivity contribution in [3.63, 3.8) is 0 Å². The number of nitrogens with zero attached hydrogens (tertiary/aromatic N) is 2. The topological polar surface area (TPSA) is 56.2 Å². The number of amides is 1. The molecule has 0 saturated carbocycles. The quantitative estimate of drug-likeness (QED) is 0.944. The van der Waals surface area contributed by atoms with Gasteiger partial charge < -0.3 is 14.6 Å². The molecular formula is C17H21N3O2. The van der Waals surface area contributed by atoms with Crippen LogP contribution in [-0.4, -0.2) is 28.7 Å². The van der Waals surface area contributed by atoms with Gasteiger partial charge in [-0.15, -0.1) is 0 Å². The van der Waals surface area contributed by atoms with E-state index in [-0.39, 0.29) is 11.4 Å². The summed E-state index contributed by atoms with van der Waals surface area (Å²) in [6, 6.07) is 9.62. The third-order valence-corrected chi connectivity index (χ3v) is 4.22. The van der Waals surface area contributed by atoms with Crippen LogP contribution in [0.5, 0.6) is 0 Å². The van der Waals surface area contributed by atoms with Gasteiger partial charge in [-0.2, -0.15) is 0 Å². The molecule has 22 heavy (non-hydrogen) atoms. The lowest BCUT2D eigenvalue weighted by Gasteiger charge is -2.38. The Balaban J connectivity index is 1.74. The van der Waals surface area contributed by atoms with E-state index >= 15 is 0 Å². The van der Waals surface area contributed by atoms with Gasteiger partial charge in [-0.1, -0.05) is 6.07 Å². The van der Waals surface area contributed by atoms with E-state index in [1.54, 1.807) is 0 Å². The van der Waals surface area contributed by atoms with Crippen LogP contribution in [0.4, 0.5) is 5.82 Å². The van der Waals surface area contributed by atoms with E-state index in [1.807, 2.05) is 49.6 Å². The molecule has 1 fully saturated rings. The zero-order chi connectivity index (χ0) is 15.4. The van der Waals surface area contributed by atoms with Crippen LogP contribution in [0.25, 0.3) is 0 Å². The van der Waals surface area contributed by atoms with Gasteiger partial charge in [0.15, 0.2) is 0 Å². The Bertz CT molecular complexity index is 631. The molecule has 3 rings (SSSR count). The zero-order valence-electron chi connectivity index (χ0n) is 12.8. The van der Waals surface area contributed by atoms with Crippen LogP contribution >= 0.6 is 0 Å². The van der Waals surface area contributed by atoms with Crippen molar-refractivity contribution in [2.24, 2.45) is 0 Å². The average Bonchev–Trinajstić information content (AvgIpc) is 3.03. The molecule has 0 bridgehead atoms. The Labute approximate surface area is 130 Å². The molecule has 1 saturated heterocycles. The van der Waals surface area contributed by atoms with Crippen LogP contribution in [0, 0.1) is 6.92 Å². The van der Waals surface area contributed by atoms with Crippen molar-refractivity contribution in [1.82, 2.24) is 9.55 Å². The first-order valence-electron chi connectivity index (χ1n) is 7.63. The normalized spacial score (nSPS) is 17.1. The predicted molar refractivity (Wildman–Crippen MR) is 84.7 cm³/mol. The first kappa shape index (κ1) is 14.8. The smallest absolute Gasteiger partial charge is 0.227 e. The summed E-state index contributed by atoms with van der Waals surface area (Å²) in [5.41, 5.74) is 0.694. The van der Waals surface area contributed by atoms with E-state index in [9.17, 15) is 4.79 Å². The van der Waals surface area contributed by atoms with Crippen molar-refractivity contribution in [3.8, 4) is 0 Å². The summed E-state index contributed by atoms with van der Waals surface area (Å²) in [4.78, 5) is 16.8. The standard InChI is InChI=1S/C17H21N3O2/c1-14-5-4-6-15(18-14)19-16(21)13-17(7-11-22-12-8-17)20-9-2-3-10-20/h2-6,9-10H,7-8,11-13H2,1H3,(H,18,19,21). The maximum atomic E-state index is 12.5. The number of nitrogens with one attached hydrogen (secondary N) is 1. The SMILES string of the molecule is Cc1cccc(NC(=O)CC2(n3cccc3)CCOCC2)n1. The molecule has 1 amide bonds. The Morgan fingerprint density at radius 1 is 1.27 bits per heavy atom. The number of carbonyl (C=O) groups excluding carboxylic acids is 1. The van der Waals surface area contributed by atoms with Gasteiger partial charge >= 0.3 is 0 Å².